The molecule has 0 aliphatic heterocycles. The number of carbonyl (C=O) groups is 1. The van der Waals surface area contributed by atoms with Gasteiger partial charge in [-0.1, -0.05) is 91.0 Å². The molecular formula is C33H32N2O5. The molecule has 1 unspecified atom stereocenters. The van der Waals surface area contributed by atoms with E-state index in [1.165, 1.54) is 7.11 Å². The maximum absolute atomic E-state index is 13.5. The van der Waals surface area contributed by atoms with Crippen molar-refractivity contribution >= 4 is 17.3 Å². The minimum atomic E-state index is -1.26. The van der Waals surface area contributed by atoms with Crippen LogP contribution in [0.3, 0.4) is 0 Å². The standard InChI is InChI=1S/C33H32N2O5/c1-40-32(37)31(23-36)34(29-21-24-13-11-12-14-25(24)22-30(29)35(38)39)33(26-15-5-2-6-16-26,27-17-7-3-8-18-27)28-19-9-4-10-20-28/h2-10,15-22,31,36H,11-14,23H2,1H3. The van der Waals surface area contributed by atoms with E-state index in [0.29, 0.717) is 0 Å². The largest absolute Gasteiger partial charge is 0.467 e. The maximum atomic E-state index is 13.5. The molecule has 0 saturated carbocycles. The molecule has 0 saturated heterocycles. The summed E-state index contributed by atoms with van der Waals surface area (Å²) in [4.78, 5) is 27.5. The Bertz CT molecular complexity index is 1380. The predicted molar refractivity (Wildman–Crippen MR) is 154 cm³/mol. The number of ether oxygens (including phenoxy) is 1. The first-order chi connectivity index (χ1) is 19.5. The van der Waals surface area contributed by atoms with Crippen molar-refractivity contribution in [1.29, 1.82) is 0 Å². The Kier molecular flexibility index (Phi) is 7.94. The van der Waals surface area contributed by atoms with Crippen molar-refractivity contribution in [2.75, 3.05) is 18.6 Å². The zero-order chi connectivity index (χ0) is 28.1. The number of nitro groups is 1. The lowest BCUT2D eigenvalue weighted by molar-refractivity contribution is -0.384. The second kappa shape index (κ2) is 11.7. The zero-order valence-corrected chi connectivity index (χ0v) is 22.4. The van der Waals surface area contributed by atoms with Crippen LogP contribution in [0.15, 0.2) is 103 Å². The monoisotopic (exact) mass is 536 g/mol. The topological polar surface area (TPSA) is 92.9 Å². The van der Waals surface area contributed by atoms with Gasteiger partial charge in [0.1, 0.15) is 11.2 Å². The fraction of sp³-hybridized carbons (Fsp3) is 0.242. The highest BCUT2D eigenvalue weighted by atomic mass is 16.6. The van der Waals surface area contributed by atoms with E-state index in [0.717, 1.165) is 53.5 Å². The van der Waals surface area contributed by atoms with E-state index in [1.54, 1.807) is 11.0 Å². The van der Waals surface area contributed by atoms with Crippen LogP contribution in [0.2, 0.25) is 0 Å². The van der Waals surface area contributed by atoms with Crippen LogP contribution in [0.1, 0.15) is 40.7 Å². The van der Waals surface area contributed by atoms with E-state index in [4.69, 9.17) is 4.74 Å². The lowest BCUT2D eigenvalue weighted by Crippen LogP contribution is -2.58. The summed E-state index contributed by atoms with van der Waals surface area (Å²) in [5.74, 6) is -0.693. The van der Waals surface area contributed by atoms with Crippen molar-refractivity contribution in [3.8, 4) is 0 Å². The highest BCUT2D eigenvalue weighted by Gasteiger charge is 2.49. The van der Waals surface area contributed by atoms with E-state index in [2.05, 4.69) is 0 Å². The van der Waals surface area contributed by atoms with Crippen LogP contribution in [-0.4, -0.2) is 35.8 Å². The molecule has 0 bridgehead atoms. The fourth-order valence-corrected chi connectivity index (χ4v) is 6.03. The van der Waals surface area contributed by atoms with E-state index in [-0.39, 0.29) is 11.4 Å². The van der Waals surface area contributed by atoms with Crippen molar-refractivity contribution in [3.63, 3.8) is 0 Å². The van der Waals surface area contributed by atoms with Gasteiger partial charge in [0.15, 0.2) is 6.04 Å². The summed E-state index contributed by atoms with van der Waals surface area (Å²) in [7, 11) is 1.26. The molecule has 204 valence electrons. The highest BCUT2D eigenvalue weighted by Crippen LogP contribution is 2.49. The molecule has 7 nitrogen and oxygen atoms in total. The third kappa shape index (κ3) is 4.73. The molecule has 1 aliphatic rings. The number of methoxy groups -OCH3 is 1. The van der Waals surface area contributed by atoms with Gasteiger partial charge < -0.3 is 14.7 Å². The van der Waals surface area contributed by atoms with Crippen LogP contribution >= 0.6 is 0 Å². The second-order valence-corrected chi connectivity index (χ2v) is 9.97. The number of anilines is 1. The minimum Gasteiger partial charge on any atom is -0.467 e. The first-order valence-electron chi connectivity index (χ1n) is 13.5. The molecule has 0 fully saturated rings. The van der Waals surface area contributed by atoms with Crippen LogP contribution in [0.25, 0.3) is 0 Å². The predicted octanol–water partition coefficient (Wildman–Crippen LogP) is 5.81. The van der Waals surface area contributed by atoms with Crippen LogP contribution in [0.5, 0.6) is 0 Å². The number of aryl methyl sites for hydroxylation is 2. The summed E-state index contributed by atoms with van der Waals surface area (Å²) in [6.45, 7) is -0.616. The molecule has 1 N–H and O–H groups in total. The van der Waals surface area contributed by atoms with Crippen molar-refractivity contribution in [2.45, 2.75) is 37.3 Å². The Morgan fingerprint density at radius 1 is 0.875 bits per heavy atom. The van der Waals surface area contributed by atoms with Gasteiger partial charge in [-0.25, -0.2) is 4.79 Å². The number of fused-ring (bicyclic) bond motifs is 1. The number of hydrogen-bond donors (Lipinski definition) is 1. The molecule has 0 amide bonds. The molecule has 4 aromatic rings. The van der Waals surface area contributed by atoms with E-state index < -0.39 is 29.1 Å². The zero-order valence-electron chi connectivity index (χ0n) is 22.4. The second-order valence-electron chi connectivity index (χ2n) is 9.97. The third-order valence-electron chi connectivity index (χ3n) is 7.79. The van der Waals surface area contributed by atoms with Crippen LogP contribution in [0.4, 0.5) is 11.4 Å². The molecule has 0 radical (unpaired) electrons. The normalized spacial score (nSPS) is 13.7. The Morgan fingerprint density at radius 3 is 1.73 bits per heavy atom. The molecule has 1 aliphatic carbocycles. The quantitative estimate of drug-likeness (QED) is 0.126. The molecule has 0 heterocycles. The SMILES string of the molecule is COC(=O)C(CO)N(c1cc2c(cc1[N+](=O)[O-])CCCC2)C(c1ccccc1)(c1ccccc1)c1ccccc1. The fourth-order valence-electron chi connectivity index (χ4n) is 6.03. The minimum absolute atomic E-state index is 0.116. The summed E-state index contributed by atoms with van der Waals surface area (Å²) >= 11 is 0. The summed E-state index contributed by atoms with van der Waals surface area (Å²) in [6.07, 6.45) is 3.49. The highest BCUT2D eigenvalue weighted by molar-refractivity contribution is 5.85. The van der Waals surface area contributed by atoms with Gasteiger partial charge in [-0.3, -0.25) is 10.1 Å². The van der Waals surface area contributed by atoms with Crippen molar-refractivity contribution < 1.29 is 19.6 Å². The summed E-state index contributed by atoms with van der Waals surface area (Å²) in [6, 6.07) is 31.1. The van der Waals surface area contributed by atoms with E-state index in [1.807, 2.05) is 97.1 Å². The molecule has 40 heavy (non-hydrogen) atoms. The number of nitrogens with zero attached hydrogens (tertiary/aromatic N) is 2. The van der Waals surface area contributed by atoms with Gasteiger partial charge in [-0.2, -0.15) is 0 Å². The third-order valence-corrected chi connectivity index (χ3v) is 7.79. The Hall–Kier alpha value is -4.49. The van der Waals surface area contributed by atoms with Crippen LogP contribution < -0.4 is 4.90 Å². The molecule has 0 spiro atoms. The molecule has 1 atom stereocenters. The number of esters is 1. The number of aliphatic hydroxyl groups excluding tert-OH is 1. The number of benzene rings is 4. The maximum Gasteiger partial charge on any atom is 0.330 e. The number of aliphatic hydroxyl groups is 1. The van der Waals surface area contributed by atoms with Crippen LogP contribution in [-0.2, 0) is 27.9 Å². The number of rotatable bonds is 9. The van der Waals surface area contributed by atoms with Gasteiger partial charge in [0.25, 0.3) is 5.69 Å². The Labute approximate surface area is 233 Å². The average Bonchev–Trinajstić information content (AvgIpc) is 3.01. The van der Waals surface area contributed by atoms with Crippen molar-refractivity contribution in [3.05, 3.63) is 141 Å². The number of hydrogen-bond acceptors (Lipinski definition) is 6. The molecular weight excluding hydrogens is 504 g/mol. The van der Waals surface area contributed by atoms with Gasteiger partial charge in [-0.15, -0.1) is 0 Å². The van der Waals surface area contributed by atoms with Crippen molar-refractivity contribution in [2.24, 2.45) is 0 Å². The number of carbonyl (C=O) groups excluding carboxylic acids is 1. The van der Waals surface area contributed by atoms with Crippen molar-refractivity contribution in [1.82, 2.24) is 0 Å². The van der Waals surface area contributed by atoms with Gasteiger partial charge in [0.05, 0.1) is 18.6 Å². The van der Waals surface area contributed by atoms with E-state index in [9.17, 15) is 20.0 Å². The first kappa shape index (κ1) is 27.1. The molecule has 4 aromatic carbocycles. The summed E-state index contributed by atoms with van der Waals surface area (Å²) < 4.78 is 5.21. The van der Waals surface area contributed by atoms with E-state index >= 15 is 0 Å². The summed E-state index contributed by atoms with van der Waals surface area (Å²) in [5, 5.41) is 23.5. The molecule has 5 rings (SSSR count). The number of nitro benzene ring substituents is 1. The Balaban J connectivity index is 1.98. The first-order valence-corrected chi connectivity index (χ1v) is 13.5. The smallest absolute Gasteiger partial charge is 0.330 e. The van der Waals surface area contributed by atoms with Gasteiger partial charge in [0.2, 0.25) is 0 Å². The van der Waals surface area contributed by atoms with Crippen LogP contribution in [0, 0.1) is 10.1 Å². The van der Waals surface area contributed by atoms with Gasteiger partial charge >= 0.3 is 5.97 Å². The lowest BCUT2D eigenvalue weighted by atomic mass is 9.74. The molecule has 0 aromatic heterocycles. The Morgan fingerprint density at radius 2 is 1.32 bits per heavy atom. The summed E-state index contributed by atoms with van der Waals surface area (Å²) in [5.41, 5.74) is 3.19. The lowest BCUT2D eigenvalue weighted by Gasteiger charge is -2.49. The van der Waals surface area contributed by atoms with Gasteiger partial charge in [0, 0.05) is 6.07 Å². The van der Waals surface area contributed by atoms with Gasteiger partial charge in [-0.05, 0) is 59.6 Å². The average molecular weight is 537 g/mol. The molecule has 7 heteroatoms.